The van der Waals surface area contributed by atoms with Gasteiger partial charge in [0.15, 0.2) is 0 Å². The molecule has 2 aromatic rings. The van der Waals surface area contributed by atoms with Gasteiger partial charge in [-0.1, -0.05) is 6.07 Å². The quantitative estimate of drug-likeness (QED) is 0.903. The van der Waals surface area contributed by atoms with E-state index in [9.17, 15) is 0 Å². The first-order valence-electron chi connectivity index (χ1n) is 6.29. The fourth-order valence-electron chi connectivity index (χ4n) is 2.30. The number of aryl methyl sites for hydroxylation is 1. The molecule has 18 heavy (non-hydrogen) atoms. The smallest absolute Gasteiger partial charge is 0.140 e. The third kappa shape index (κ3) is 2.13. The lowest BCUT2D eigenvalue weighted by Gasteiger charge is -2.18. The van der Waals surface area contributed by atoms with Crippen molar-refractivity contribution in [2.75, 3.05) is 13.7 Å². The van der Waals surface area contributed by atoms with Crippen molar-refractivity contribution in [3.8, 4) is 0 Å². The molecule has 1 atom stereocenters. The predicted octanol–water partition coefficient (Wildman–Crippen LogP) is 2.57. The second-order valence-electron chi connectivity index (χ2n) is 4.89. The number of hydrogen-bond acceptors (Lipinski definition) is 3. The highest BCUT2D eigenvalue weighted by Crippen LogP contribution is 2.26. The summed E-state index contributed by atoms with van der Waals surface area (Å²) < 4.78 is 7.63. The highest BCUT2D eigenvalue weighted by Gasteiger charge is 2.20. The number of nitrogens with two attached hydrogens (primary N) is 1. The van der Waals surface area contributed by atoms with E-state index >= 15 is 0 Å². The largest absolute Gasteiger partial charge is 0.372 e. The average molecular weight is 247 g/mol. The molecule has 0 bridgehead atoms. The summed E-state index contributed by atoms with van der Waals surface area (Å²) in [5, 5.41) is 0. The van der Waals surface area contributed by atoms with E-state index in [0.29, 0.717) is 12.6 Å². The number of rotatable bonds is 4. The Labute approximate surface area is 108 Å². The van der Waals surface area contributed by atoms with Crippen LogP contribution in [-0.4, -0.2) is 23.2 Å². The summed E-state index contributed by atoms with van der Waals surface area (Å²) in [6, 6.07) is 6.65. The summed E-state index contributed by atoms with van der Waals surface area (Å²) in [4.78, 5) is 4.69. The minimum absolute atomic E-state index is 0.153. The van der Waals surface area contributed by atoms with E-state index in [2.05, 4.69) is 43.5 Å². The summed E-state index contributed by atoms with van der Waals surface area (Å²) in [6.07, 6.45) is -0.153. The van der Waals surface area contributed by atoms with Gasteiger partial charge in [-0.15, -0.1) is 0 Å². The molecule has 1 aromatic carbocycles. The molecule has 0 spiro atoms. The highest BCUT2D eigenvalue weighted by molar-refractivity contribution is 5.77. The lowest BCUT2D eigenvalue weighted by atomic mass is 10.2. The molecule has 0 radical (unpaired) electrons. The van der Waals surface area contributed by atoms with Crippen LogP contribution in [0.15, 0.2) is 18.2 Å². The van der Waals surface area contributed by atoms with E-state index in [4.69, 9.17) is 15.5 Å². The van der Waals surface area contributed by atoms with E-state index in [1.54, 1.807) is 7.11 Å². The number of nitrogens with zero attached hydrogens (tertiary/aromatic N) is 2. The number of benzene rings is 1. The topological polar surface area (TPSA) is 53.1 Å². The van der Waals surface area contributed by atoms with Crippen LogP contribution < -0.4 is 5.73 Å². The summed E-state index contributed by atoms with van der Waals surface area (Å²) >= 11 is 0. The van der Waals surface area contributed by atoms with Crippen molar-refractivity contribution in [1.82, 2.24) is 9.55 Å². The SMILES string of the molecule is COC(CN)c1nc2cc(C)ccc2n1C(C)C. The molecule has 0 aliphatic carbocycles. The number of hydrogen-bond donors (Lipinski definition) is 1. The molecule has 98 valence electrons. The molecule has 2 N–H and O–H groups in total. The molecular formula is C14H21N3O. The van der Waals surface area contributed by atoms with Gasteiger partial charge in [-0.25, -0.2) is 4.98 Å². The zero-order valence-corrected chi connectivity index (χ0v) is 11.5. The van der Waals surface area contributed by atoms with E-state index < -0.39 is 0 Å². The third-order valence-corrected chi connectivity index (χ3v) is 3.18. The maximum atomic E-state index is 5.76. The van der Waals surface area contributed by atoms with Gasteiger partial charge < -0.3 is 15.0 Å². The number of imidazole rings is 1. The van der Waals surface area contributed by atoms with Crippen LogP contribution in [0.5, 0.6) is 0 Å². The Balaban J connectivity index is 2.68. The fraction of sp³-hybridized carbons (Fsp3) is 0.500. The van der Waals surface area contributed by atoms with Crippen LogP contribution in [0.2, 0.25) is 0 Å². The third-order valence-electron chi connectivity index (χ3n) is 3.18. The minimum Gasteiger partial charge on any atom is -0.372 e. The van der Waals surface area contributed by atoms with Crippen molar-refractivity contribution in [1.29, 1.82) is 0 Å². The number of methoxy groups -OCH3 is 1. The van der Waals surface area contributed by atoms with Gasteiger partial charge in [0.05, 0.1) is 11.0 Å². The lowest BCUT2D eigenvalue weighted by molar-refractivity contribution is 0.0992. The Morgan fingerprint density at radius 2 is 2.11 bits per heavy atom. The molecule has 1 aromatic heterocycles. The van der Waals surface area contributed by atoms with Crippen molar-refractivity contribution in [2.24, 2.45) is 5.73 Å². The summed E-state index contributed by atoms with van der Waals surface area (Å²) in [7, 11) is 1.67. The molecule has 0 aliphatic heterocycles. The average Bonchev–Trinajstić information content (AvgIpc) is 2.68. The molecule has 0 aliphatic rings. The first kappa shape index (κ1) is 13.1. The summed E-state index contributed by atoms with van der Waals surface area (Å²) in [5.74, 6) is 0.913. The van der Waals surface area contributed by atoms with Crippen LogP contribution in [0.3, 0.4) is 0 Å². The van der Waals surface area contributed by atoms with Crippen molar-refractivity contribution in [3.05, 3.63) is 29.6 Å². The summed E-state index contributed by atoms with van der Waals surface area (Å²) in [5.41, 5.74) is 9.12. The van der Waals surface area contributed by atoms with Gasteiger partial charge in [-0.05, 0) is 38.5 Å². The molecule has 0 saturated heterocycles. The zero-order valence-electron chi connectivity index (χ0n) is 11.5. The van der Waals surface area contributed by atoms with Crippen molar-refractivity contribution in [3.63, 3.8) is 0 Å². The van der Waals surface area contributed by atoms with Gasteiger partial charge >= 0.3 is 0 Å². The van der Waals surface area contributed by atoms with Crippen LogP contribution in [0, 0.1) is 6.92 Å². The maximum Gasteiger partial charge on any atom is 0.140 e. The Hall–Kier alpha value is -1.39. The molecule has 0 saturated carbocycles. The standard InChI is InChI=1S/C14H21N3O/c1-9(2)17-12-6-5-10(3)7-11(12)16-14(17)13(8-15)18-4/h5-7,9,13H,8,15H2,1-4H3. The normalized spacial score (nSPS) is 13.4. The van der Waals surface area contributed by atoms with E-state index in [0.717, 1.165) is 16.9 Å². The van der Waals surface area contributed by atoms with Crippen LogP contribution in [-0.2, 0) is 4.74 Å². The van der Waals surface area contributed by atoms with Gasteiger partial charge in [-0.2, -0.15) is 0 Å². The second kappa shape index (κ2) is 5.08. The predicted molar refractivity (Wildman–Crippen MR) is 73.7 cm³/mol. The van der Waals surface area contributed by atoms with E-state index in [1.165, 1.54) is 5.56 Å². The van der Waals surface area contributed by atoms with E-state index in [1.807, 2.05) is 0 Å². The van der Waals surface area contributed by atoms with E-state index in [-0.39, 0.29) is 6.10 Å². The van der Waals surface area contributed by atoms with Crippen LogP contribution >= 0.6 is 0 Å². The van der Waals surface area contributed by atoms with Gasteiger partial charge in [0, 0.05) is 19.7 Å². The molecule has 1 unspecified atom stereocenters. The molecule has 2 rings (SSSR count). The molecule has 0 amide bonds. The van der Waals surface area contributed by atoms with Crippen molar-refractivity contribution in [2.45, 2.75) is 32.9 Å². The zero-order chi connectivity index (χ0) is 13.3. The lowest BCUT2D eigenvalue weighted by Crippen LogP contribution is -2.19. The first-order valence-corrected chi connectivity index (χ1v) is 6.29. The Morgan fingerprint density at radius 1 is 1.39 bits per heavy atom. The Kier molecular flexibility index (Phi) is 3.68. The van der Waals surface area contributed by atoms with Crippen molar-refractivity contribution < 1.29 is 4.74 Å². The van der Waals surface area contributed by atoms with Crippen molar-refractivity contribution >= 4 is 11.0 Å². The first-order chi connectivity index (χ1) is 8.58. The number of fused-ring (bicyclic) bond motifs is 1. The Bertz CT molecular complexity index is 541. The minimum atomic E-state index is -0.153. The van der Waals surface area contributed by atoms with Gasteiger partial charge in [0.2, 0.25) is 0 Å². The fourth-order valence-corrected chi connectivity index (χ4v) is 2.30. The maximum absolute atomic E-state index is 5.76. The highest BCUT2D eigenvalue weighted by atomic mass is 16.5. The Morgan fingerprint density at radius 3 is 2.67 bits per heavy atom. The molecule has 4 heteroatoms. The number of ether oxygens (including phenoxy) is 1. The van der Waals surface area contributed by atoms with Gasteiger partial charge in [0.1, 0.15) is 11.9 Å². The van der Waals surface area contributed by atoms with Crippen LogP contribution in [0.1, 0.15) is 37.4 Å². The number of aromatic nitrogens is 2. The molecule has 1 heterocycles. The van der Waals surface area contributed by atoms with Crippen LogP contribution in [0.25, 0.3) is 11.0 Å². The molecule has 4 nitrogen and oxygen atoms in total. The van der Waals surface area contributed by atoms with Gasteiger partial charge in [-0.3, -0.25) is 0 Å². The monoisotopic (exact) mass is 247 g/mol. The second-order valence-corrected chi connectivity index (χ2v) is 4.89. The summed E-state index contributed by atoms with van der Waals surface area (Å²) in [6.45, 7) is 6.80. The van der Waals surface area contributed by atoms with Crippen LogP contribution in [0.4, 0.5) is 0 Å². The van der Waals surface area contributed by atoms with Gasteiger partial charge in [0.25, 0.3) is 0 Å². The molecule has 0 fully saturated rings. The molecular weight excluding hydrogens is 226 g/mol.